The first-order valence-electron chi connectivity index (χ1n) is 9.55. The van der Waals surface area contributed by atoms with E-state index in [2.05, 4.69) is 5.32 Å². The van der Waals surface area contributed by atoms with Gasteiger partial charge in [0.2, 0.25) is 5.91 Å². The molecule has 1 aliphatic rings. The Balaban J connectivity index is 1.79. The molecule has 29 heavy (non-hydrogen) atoms. The van der Waals surface area contributed by atoms with Crippen LogP contribution in [0, 0.1) is 0 Å². The van der Waals surface area contributed by atoms with E-state index in [1.165, 1.54) is 0 Å². The van der Waals surface area contributed by atoms with Crippen molar-refractivity contribution in [3.05, 3.63) is 58.1 Å². The predicted molar refractivity (Wildman–Crippen MR) is 115 cm³/mol. The van der Waals surface area contributed by atoms with Crippen LogP contribution in [0.5, 0.6) is 5.75 Å². The number of ether oxygens (including phenoxy) is 3. The van der Waals surface area contributed by atoms with Gasteiger partial charge in [-0.05, 0) is 55.7 Å². The number of benzene rings is 2. The Morgan fingerprint density at radius 2 is 1.86 bits per heavy atom. The van der Waals surface area contributed by atoms with Crippen LogP contribution in [0.1, 0.15) is 25.3 Å². The molecule has 2 aromatic carbocycles. The van der Waals surface area contributed by atoms with Crippen LogP contribution in [0.15, 0.2) is 42.5 Å². The normalized spacial score (nSPS) is 16.8. The van der Waals surface area contributed by atoms with E-state index < -0.39 is 5.41 Å². The first-order valence-corrected chi connectivity index (χ1v) is 10.3. The van der Waals surface area contributed by atoms with Crippen molar-refractivity contribution in [2.75, 3.05) is 32.2 Å². The Hall–Kier alpha value is -1.79. The molecule has 1 fully saturated rings. The fourth-order valence-electron chi connectivity index (χ4n) is 3.55. The Labute approximate surface area is 181 Å². The molecule has 0 aromatic heterocycles. The van der Waals surface area contributed by atoms with Gasteiger partial charge < -0.3 is 19.5 Å². The van der Waals surface area contributed by atoms with E-state index in [4.69, 9.17) is 37.4 Å². The van der Waals surface area contributed by atoms with Crippen molar-refractivity contribution in [2.24, 2.45) is 0 Å². The van der Waals surface area contributed by atoms with Crippen molar-refractivity contribution in [3.8, 4) is 5.75 Å². The predicted octanol–water partition coefficient (Wildman–Crippen LogP) is 5.09. The number of rotatable bonds is 7. The lowest BCUT2D eigenvalue weighted by Gasteiger charge is -2.36. The van der Waals surface area contributed by atoms with E-state index in [0.29, 0.717) is 54.1 Å². The monoisotopic (exact) mass is 437 g/mol. The second-order valence-corrected chi connectivity index (χ2v) is 8.03. The summed E-state index contributed by atoms with van der Waals surface area (Å²) in [6.45, 7) is 3.42. The SMILES string of the molecule is COC[C@H](C)Oc1ccc(NC(=O)C2(c3ccc(Cl)cc3)CCOCC2)cc1Cl. The molecule has 156 valence electrons. The highest BCUT2D eigenvalue weighted by molar-refractivity contribution is 6.32. The minimum atomic E-state index is -0.669. The van der Waals surface area contributed by atoms with Gasteiger partial charge in [0, 0.05) is 31.0 Å². The van der Waals surface area contributed by atoms with Gasteiger partial charge >= 0.3 is 0 Å². The van der Waals surface area contributed by atoms with Crippen molar-refractivity contribution in [1.29, 1.82) is 0 Å². The highest BCUT2D eigenvalue weighted by Crippen LogP contribution is 2.37. The molecule has 0 aliphatic carbocycles. The van der Waals surface area contributed by atoms with Crippen LogP contribution in [-0.4, -0.2) is 38.9 Å². The molecule has 1 atom stereocenters. The first kappa shape index (κ1) is 21.9. The van der Waals surface area contributed by atoms with Crippen molar-refractivity contribution in [3.63, 3.8) is 0 Å². The van der Waals surface area contributed by atoms with Crippen LogP contribution in [-0.2, 0) is 19.7 Å². The van der Waals surface area contributed by atoms with Gasteiger partial charge in [-0.2, -0.15) is 0 Å². The second kappa shape index (κ2) is 9.81. The number of carbonyl (C=O) groups is 1. The van der Waals surface area contributed by atoms with Crippen molar-refractivity contribution >= 4 is 34.8 Å². The summed E-state index contributed by atoms with van der Waals surface area (Å²) >= 11 is 12.4. The summed E-state index contributed by atoms with van der Waals surface area (Å²) in [5, 5.41) is 4.09. The number of halogens is 2. The lowest BCUT2D eigenvalue weighted by molar-refractivity contribution is -0.125. The molecular formula is C22H25Cl2NO4. The number of nitrogens with one attached hydrogen (secondary N) is 1. The number of hydrogen-bond acceptors (Lipinski definition) is 4. The van der Waals surface area contributed by atoms with Crippen LogP contribution >= 0.6 is 23.2 Å². The third kappa shape index (κ3) is 5.23. The highest BCUT2D eigenvalue weighted by Gasteiger charge is 2.41. The molecule has 0 bridgehead atoms. The zero-order chi connectivity index (χ0) is 20.9. The summed E-state index contributed by atoms with van der Waals surface area (Å²) in [6, 6.07) is 12.7. The molecule has 1 heterocycles. The van der Waals surface area contributed by atoms with Gasteiger partial charge in [0.1, 0.15) is 11.9 Å². The summed E-state index contributed by atoms with van der Waals surface area (Å²) in [5.74, 6) is 0.466. The van der Waals surface area contributed by atoms with Gasteiger partial charge in [0.25, 0.3) is 0 Å². The van der Waals surface area contributed by atoms with Crippen molar-refractivity contribution < 1.29 is 19.0 Å². The average molecular weight is 438 g/mol. The van der Waals surface area contributed by atoms with Crippen LogP contribution in [0.25, 0.3) is 0 Å². The van der Waals surface area contributed by atoms with Gasteiger partial charge in [0.15, 0.2) is 0 Å². The van der Waals surface area contributed by atoms with E-state index in [1.54, 1.807) is 25.3 Å². The zero-order valence-corrected chi connectivity index (χ0v) is 18.1. The van der Waals surface area contributed by atoms with Crippen LogP contribution < -0.4 is 10.1 Å². The Morgan fingerprint density at radius 3 is 2.48 bits per heavy atom. The lowest BCUT2D eigenvalue weighted by atomic mass is 9.73. The topological polar surface area (TPSA) is 56.8 Å². The van der Waals surface area contributed by atoms with Gasteiger partial charge in [-0.15, -0.1) is 0 Å². The highest BCUT2D eigenvalue weighted by atomic mass is 35.5. The minimum Gasteiger partial charge on any atom is -0.487 e. The molecule has 0 radical (unpaired) electrons. The average Bonchev–Trinajstić information content (AvgIpc) is 2.71. The first-order chi connectivity index (χ1) is 13.9. The van der Waals surface area contributed by atoms with E-state index >= 15 is 0 Å². The molecule has 5 nitrogen and oxygen atoms in total. The smallest absolute Gasteiger partial charge is 0.235 e. The number of methoxy groups -OCH3 is 1. The molecule has 1 aliphatic heterocycles. The molecule has 1 saturated heterocycles. The molecule has 3 rings (SSSR count). The molecule has 0 spiro atoms. The number of anilines is 1. The van der Waals surface area contributed by atoms with Gasteiger partial charge in [-0.1, -0.05) is 35.3 Å². The third-order valence-electron chi connectivity index (χ3n) is 5.10. The van der Waals surface area contributed by atoms with Crippen LogP contribution in [0.3, 0.4) is 0 Å². The molecule has 0 unspecified atom stereocenters. The maximum absolute atomic E-state index is 13.3. The van der Waals surface area contributed by atoms with Crippen molar-refractivity contribution in [1.82, 2.24) is 0 Å². The van der Waals surface area contributed by atoms with E-state index in [-0.39, 0.29) is 12.0 Å². The Morgan fingerprint density at radius 1 is 1.17 bits per heavy atom. The summed E-state index contributed by atoms with van der Waals surface area (Å²) in [4.78, 5) is 13.3. The molecule has 1 N–H and O–H groups in total. The lowest BCUT2D eigenvalue weighted by Crippen LogP contribution is -2.44. The van der Waals surface area contributed by atoms with Gasteiger partial charge in [0.05, 0.1) is 17.0 Å². The van der Waals surface area contributed by atoms with Crippen LogP contribution in [0.2, 0.25) is 10.0 Å². The maximum atomic E-state index is 13.3. The Bertz CT molecular complexity index is 835. The Kier molecular flexibility index (Phi) is 7.41. The number of amides is 1. The molecular weight excluding hydrogens is 413 g/mol. The summed E-state index contributed by atoms with van der Waals surface area (Å²) in [6.07, 6.45) is 1.07. The maximum Gasteiger partial charge on any atom is 0.235 e. The van der Waals surface area contributed by atoms with E-state index in [9.17, 15) is 4.79 Å². The quantitative estimate of drug-likeness (QED) is 0.654. The van der Waals surface area contributed by atoms with Crippen LogP contribution in [0.4, 0.5) is 5.69 Å². The third-order valence-corrected chi connectivity index (χ3v) is 5.64. The second-order valence-electron chi connectivity index (χ2n) is 7.18. The largest absolute Gasteiger partial charge is 0.487 e. The number of carbonyl (C=O) groups excluding carboxylic acids is 1. The van der Waals surface area contributed by atoms with E-state index in [1.807, 2.05) is 31.2 Å². The minimum absolute atomic E-state index is 0.0828. The molecule has 2 aromatic rings. The van der Waals surface area contributed by atoms with Gasteiger partial charge in [-0.3, -0.25) is 4.79 Å². The van der Waals surface area contributed by atoms with Crippen molar-refractivity contribution in [2.45, 2.75) is 31.3 Å². The van der Waals surface area contributed by atoms with Gasteiger partial charge in [-0.25, -0.2) is 0 Å². The fraction of sp³-hybridized carbons (Fsp3) is 0.409. The summed E-state index contributed by atoms with van der Waals surface area (Å²) < 4.78 is 16.3. The molecule has 0 saturated carbocycles. The summed E-state index contributed by atoms with van der Waals surface area (Å²) in [5.41, 5.74) is 0.881. The summed E-state index contributed by atoms with van der Waals surface area (Å²) in [7, 11) is 1.62. The van der Waals surface area contributed by atoms with E-state index in [0.717, 1.165) is 5.56 Å². The molecule has 1 amide bonds. The molecule has 7 heteroatoms. The zero-order valence-electron chi connectivity index (χ0n) is 16.5. The number of hydrogen-bond donors (Lipinski definition) is 1. The fourth-order valence-corrected chi connectivity index (χ4v) is 3.90. The standard InChI is InChI=1S/C22H25Cl2NO4/c1-15(14-27-2)29-20-8-7-18(13-19(20)24)25-21(26)22(9-11-28-12-10-22)16-3-5-17(23)6-4-16/h3-8,13,15H,9-12,14H2,1-2H3,(H,25,26)/t15-/m0/s1.